The summed E-state index contributed by atoms with van der Waals surface area (Å²) >= 11 is 0. The summed E-state index contributed by atoms with van der Waals surface area (Å²) in [5.41, 5.74) is 1.18. The van der Waals surface area contributed by atoms with Gasteiger partial charge in [0, 0.05) is 12.6 Å². The van der Waals surface area contributed by atoms with Crippen LogP contribution in [-0.4, -0.2) is 29.9 Å². The highest BCUT2D eigenvalue weighted by atomic mass is 16.2. The Morgan fingerprint density at radius 3 is 2.50 bits per heavy atom. The lowest BCUT2D eigenvalue weighted by molar-refractivity contribution is -0.132. The molecule has 0 aliphatic rings. The molecule has 1 aromatic carbocycles. The molecule has 0 spiro atoms. The van der Waals surface area contributed by atoms with E-state index in [1.807, 2.05) is 23.1 Å². The fourth-order valence-electron chi connectivity index (χ4n) is 1.81. The van der Waals surface area contributed by atoms with E-state index in [4.69, 9.17) is 0 Å². The van der Waals surface area contributed by atoms with Crippen LogP contribution in [0.5, 0.6) is 0 Å². The molecular weight excluding hydrogens is 224 g/mol. The standard InChI is InChI=1S/C15H24N2O/c1-4-10-16-11-15(18)17(13(2)3)12-14-8-6-5-7-9-14/h5-9,13,16H,4,10-12H2,1-3H3. The van der Waals surface area contributed by atoms with Crippen molar-refractivity contribution in [2.45, 2.75) is 39.8 Å². The summed E-state index contributed by atoms with van der Waals surface area (Å²) in [5.74, 6) is 0.169. The quantitative estimate of drug-likeness (QED) is 0.752. The molecule has 100 valence electrons. The van der Waals surface area contributed by atoms with Gasteiger partial charge in [0.15, 0.2) is 0 Å². The zero-order chi connectivity index (χ0) is 13.4. The maximum Gasteiger partial charge on any atom is 0.237 e. The van der Waals surface area contributed by atoms with E-state index in [-0.39, 0.29) is 11.9 Å². The van der Waals surface area contributed by atoms with Crippen LogP contribution in [0.3, 0.4) is 0 Å². The largest absolute Gasteiger partial charge is 0.335 e. The molecule has 0 aromatic heterocycles. The van der Waals surface area contributed by atoms with Gasteiger partial charge in [-0.2, -0.15) is 0 Å². The van der Waals surface area contributed by atoms with Crippen molar-refractivity contribution in [3.63, 3.8) is 0 Å². The molecule has 0 aliphatic carbocycles. The normalized spacial score (nSPS) is 10.7. The number of amides is 1. The zero-order valence-corrected chi connectivity index (χ0v) is 11.6. The molecule has 0 saturated carbocycles. The van der Waals surface area contributed by atoms with Crippen molar-refractivity contribution >= 4 is 5.91 Å². The van der Waals surface area contributed by atoms with Crippen LogP contribution < -0.4 is 5.32 Å². The topological polar surface area (TPSA) is 32.3 Å². The van der Waals surface area contributed by atoms with E-state index in [2.05, 4.69) is 38.2 Å². The van der Waals surface area contributed by atoms with Crippen LogP contribution in [-0.2, 0) is 11.3 Å². The van der Waals surface area contributed by atoms with Gasteiger partial charge in [0.25, 0.3) is 0 Å². The van der Waals surface area contributed by atoms with Crippen LogP contribution in [0.2, 0.25) is 0 Å². The Morgan fingerprint density at radius 1 is 1.28 bits per heavy atom. The van der Waals surface area contributed by atoms with Crippen molar-refractivity contribution in [2.75, 3.05) is 13.1 Å². The van der Waals surface area contributed by atoms with E-state index < -0.39 is 0 Å². The predicted molar refractivity (Wildman–Crippen MR) is 75.3 cm³/mol. The third kappa shape index (κ3) is 4.88. The Balaban J connectivity index is 2.57. The lowest BCUT2D eigenvalue weighted by Crippen LogP contribution is -2.41. The summed E-state index contributed by atoms with van der Waals surface area (Å²) in [4.78, 5) is 14.0. The van der Waals surface area contributed by atoms with E-state index in [1.54, 1.807) is 0 Å². The molecule has 1 aromatic rings. The molecule has 1 rings (SSSR count). The van der Waals surface area contributed by atoms with Crippen LogP contribution >= 0.6 is 0 Å². The van der Waals surface area contributed by atoms with Crippen molar-refractivity contribution < 1.29 is 4.79 Å². The van der Waals surface area contributed by atoms with Gasteiger partial charge in [0.2, 0.25) is 5.91 Å². The third-order valence-corrected chi connectivity index (χ3v) is 2.84. The summed E-state index contributed by atoms with van der Waals surface area (Å²) in [5, 5.41) is 3.16. The molecule has 0 radical (unpaired) electrons. The van der Waals surface area contributed by atoms with Crippen molar-refractivity contribution in [1.29, 1.82) is 0 Å². The minimum Gasteiger partial charge on any atom is -0.335 e. The number of carbonyl (C=O) groups is 1. The Labute approximate surface area is 110 Å². The highest BCUT2D eigenvalue weighted by Gasteiger charge is 2.16. The summed E-state index contributed by atoms with van der Waals surface area (Å²) in [7, 11) is 0. The summed E-state index contributed by atoms with van der Waals surface area (Å²) in [6.45, 7) is 8.22. The molecule has 0 heterocycles. The van der Waals surface area contributed by atoms with Gasteiger partial charge >= 0.3 is 0 Å². The molecule has 0 fully saturated rings. The average molecular weight is 248 g/mol. The number of benzene rings is 1. The van der Waals surface area contributed by atoms with Crippen LogP contribution in [0.25, 0.3) is 0 Å². The van der Waals surface area contributed by atoms with E-state index in [0.717, 1.165) is 13.0 Å². The molecule has 0 bridgehead atoms. The Kier molecular flexibility index (Phi) is 6.44. The first-order chi connectivity index (χ1) is 8.65. The SMILES string of the molecule is CCCNCC(=O)N(Cc1ccccc1)C(C)C. The van der Waals surface area contributed by atoms with Crippen LogP contribution in [0, 0.1) is 0 Å². The molecule has 0 saturated heterocycles. The van der Waals surface area contributed by atoms with Gasteiger partial charge in [-0.05, 0) is 32.4 Å². The first kappa shape index (κ1) is 14.7. The van der Waals surface area contributed by atoms with Gasteiger partial charge in [0.05, 0.1) is 6.54 Å². The molecule has 1 amide bonds. The van der Waals surface area contributed by atoms with Crippen LogP contribution in [0.15, 0.2) is 30.3 Å². The van der Waals surface area contributed by atoms with Gasteiger partial charge in [0.1, 0.15) is 0 Å². The Morgan fingerprint density at radius 2 is 1.94 bits per heavy atom. The maximum absolute atomic E-state index is 12.1. The van der Waals surface area contributed by atoms with E-state index in [9.17, 15) is 4.79 Å². The molecule has 3 nitrogen and oxygen atoms in total. The second-order valence-corrected chi connectivity index (χ2v) is 4.78. The monoisotopic (exact) mass is 248 g/mol. The second-order valence-electron chi connectivity index (χ2n) is 4.78. The van der Waals surface area contributed by atoms with Crippen molar-refractivity contribution in [2.24, 2.45) is 0 Å². The summed E-state index contributed by atoms with van der Waals surface area (Å²) in [6.07, 6.45) is 1.05. The highest BCUT2D eigenvalue weighted by Crippen LogP contribution is 2.08. The summed E-state index contributed by atoms with van der Waals surface area (Å²) in [6, 6.07) is 10.3. The lowest BCUT2D eigenvalue weighted by Gasteiger charge is -2.27. The first-order valence-electron chi connectivity index (χ1n) is 6.69. The van der Waals surface area contributed by atoms with Crippen molar-refractivity contribution in [3.05, 3.63) is 35.9 Å². The fraction of sp³-hybridized carbons (Fsp3) is 0.533. The molecule has 0 atom stereocenters. The van der Waals surface area contributed by atoms with Gasteiger partial charge in [-0.25, -0.2) is 0 Å². The molecular formula is C15H24N2O. The molecule has 3 heteroatoms. The Hall–Kier alpha value is -1.35. The fourth-order valence-corrected chi connectivity index (χ4v) is 1.81. The maximum atomic E-state index is 12.1. The van der Waals surface area contributed by atoms with Gasteiger partial charge in [-0.15, -0.1) is 0 Å². The van der Waals surface area contributed by atoms with Crippen molar-refractivity contribution in [1.82, 2.24) is 10.2 Å². The number of nitrogens with zero attached hydrogens (tertiary/aromatic N) is 1. The number of nitrogens with one attached hydrogen (secondary N) is 1. The predicted octanol–water partition coefficient (Wildman–Crippen LogP) is 2.42. The highest BCUT2D eigenvalue weighted by molar-refractivity contribution is 5.78. The van der Waals surface area contributed by atoms with Crippen molar-refractivity contribution in [3.8, 4) is 0 Å². The minimum atomic E-state index is 0.169. The number of hydrogen-bond donors (Lipinski definition) is 1. The van der Waals surface area contributed by atoms with E-state index in [1.165, 1.54) is 5.56 Å². The molecule has 0 aliphatic heterocycles. The smallest absolute Gasteiger partial charge is 0.237 e. The average Bonchev–Trinajstić information content (AvgIpc) is 2.37. The van der Waals surface area contributed by atoms with Gasteiger partial charge in [-0.3, -0.25) is 4.79 Å². The third-order valence-electron chi connectivity index (χ3n) is 2.84. The van der Waals surface area contributed by atoms with Crippen LogP contribution in [0.1, 0.15) is 32.8 Å². The van der Waals surface area contributed by atoms with Gasteiger partial charge < -0.3 is 10.2 Å². The molecule has 0 unspecified atom stereocenters. The first-order valence-corrected chi connectivity index (χ1v) is 6.69. The van der Waals surface area contributed by atoms with E-state index in [0.29, 0.717) is 13.1 Å². The second kappa shape index (κ2) is 7.88. The lowest BCUT2D eigenvalue weighted by atomic mass is 10.2. The Bertz CT molecular complexity index is 349. The molecule has 18 heavy (non-hydrogen) atoms. The summed E-state index contributed by atoms with van der Waals surface area (Å²) < 4.78 is 0. The van der Waals surface area contributed by atoms with Crippen LogP contribution in [0.4, 0.5) is 0 Å². The number of hydrogen-bond acceptors (Lipinski definition) is 2. The van der Waals surface area contributed by atoms with Gasteiger partial charge in [-0.1, -0.05) is 37.3 Å². The zero-order valence-electron chi connectivity index (χ0n) is 11.6. The number of rotatable bonds is 7. The minimum absolute atomic E-state index is 0.169. The number of carbonyl (C=O) groups excluding carboxylic acids is 1. The molecule has 1 N–H and O–H groups in total. The van der Waals surface area contributed by atoms with E-state index >= 15 is 0 Å².